The summed E-state index contributed by atoms with van der Waals surface area (Å²) in [5.74, 6) is 0. The van der Waals surface area contributed by atoms with Crippen molar-refractivity contribution < 1.29 is 5.11 Å². The normalized spacial score (nSPS) is 14.4. The lowest BCUT2D eigenvalue weighted by Gasteiger charge is -2.27. The molecule has 1 rings (SSSR count). The van der Waals surface area contributed by atoms with Crippen molar-refractivity contribution in [3.8, 4) is 0 Å². The number of aliphatic hydroxyl groups excluding tert-OH is 1. The van der Waals surface area contributed by atoms with Gasteiger partial charge in [0.1, 0.15) is 0 Å². The van der Waals surface area contributed by atoms with Gasteiger partial charge in [-0.2, -0.15) is 0 Å². The van der Waals surface area contributed by atoms with Crippen LogP contribution in [0.1, 0.15) is 32.1 Å². The van der Waals surface area contributed by atoms with Gasteiger partial charge in [0.25, 0.3) is 0 Å². The second-order valence-electron chi connectivity index (χ2n) is 5.49. The van der Waals surface area contributed by atoms with Gasteiger partial charge in [0, 0.05) is 18.0 Å². The number of hydrogen-bond donors (Lipinski definition) is 1. The number of nitrogens with zero attached hydrogens (tertiary/aromatic N) is 1. The molecule has 1 aromatic rings. The molecule has 1 heterocycles. The number of hydrogen-bond acceptors (Lipinski definition) is 3. The maximum Gasteiger partial charge on any atom is 0.0600 e. The molecule has 16 heavy (non-hydrogen) atoms. The molecule has 0 saturated carbocycles. The van der Waals surface area contributed by atoms with E-state index in [-0.39, 0.29) is 11.5 Å². The van der Waals surface area contributed by atoms with Crippen LogP contribution in [-0.4, -0.2) is 29.7 Å². The van der Waals surface area contributed by atoms with E-state index in [9.17, 15) is 5.11 Å². The number of thiophene rings is 1. The van der Waals surface area contributed by atoms with Crippen LogP contribution in [-0.2, 0) is 6.54 Å². The van der Waals surface area contributed by atoms with Gasteiger partial charge in [0.2, 0.25) is 0 Å². The lowest BCUT2D eigenvalue weighted by Crippen LogP contribution is -2.30. The fourth-order valence-electron chi connectivity index (χ4n) is 1.52. The zero-order chi connectivity index (χ0) is 12.2. The Labute approximate surface area is 103 Å². The second-order valence-corrected chi connectivity index (χ2v) is 6.52. The highest BCUT2D eigenvalue weighted by molar-refractivity contribution is 7.09. The maximum absolute atomic E-state index is 9.94. The van der Waals surface area contributed by atoms with Gasteiger partial charge in [0.15, 0.2) is 0 Å². The molecule has 2 nitrogen and oxygen atoms in total. The van der Waals surface area contributed by atoms with Crippen LogP contribution in [0.5, 0.6) is 0 Å². The van der Waals surface area contributed by atoms with E-state index >= 15 is 0 Å². The fraction of sp³-hybridized carbons (Fsp3) is 0.692. The van der Waals surface area contributed by atoms with E-state index < -0.39 is 0 Å². The van der Waals surface area contributed by atoms with Crippen LogP contribution in [0.25, 0.3) is 0 Å². The third-order valence-corrected chi connectivity index (χ3v) is 3.65. The average molecular weight is 241 g/mol. The van der Waals surface area contributed by atoms with Crippen molar-refractivity contribution in [3.63, 3.8) is 0 Å². The number of aliphatic hydroxyl groups is 1. The Morgan fingerprint density at radius 3 is 2.62 bits per heavy atom. The zero-order valence-corrected chi connectivity index (χ0v) is 11.5. The fourth-order valence-corrected chi connectivity index (χ4v) is 2.31. The highest BCUT2D eigenvalue weighted by Gasteiger charge is 2.21. The smallest absolute Gasteiger partial charge is 0.0600 e. The molecule has 0 aliphatic heterocycles. The van der Waals surface area contributed by atoms with Gasteiger partial charge in [0.05, 0.1) is 6.10 Å². The molecule has 0 fully saturated rings. The molecule has 0 radical (unpaired) electrons. The molecule has 3 heteroatoms. The molecule has 0 bridgehead atoms. The Hall–Kier alpha value is -0.380. The largest absolute Gasteiger partial charge is 0.393 e. The molecule has 1 unspecified atom stereocenters. The summed E-state index contributed by atoms with van der Waals surface area (Å²) in [4.78, 5) is 3.65. The molecule has 0 aliphatic carbocycles. The van der Waals surface area contributed by atoms with Gasteiger partial charge < -0.3 is 10.0 Å². The Morgan fingerprint density at radius 1 is 1.44 bits per heavy atom. The molecule has 0 amide bonds. The van der Waals surface area contributed by atoms with Crippen LogP contribution in [0, 0.1) is 5.41 Å². The molecular formula is C13H23NOS. The van der Waals surface area contributed by atoms with E-state index in [1.54, 1.807) is 11.3 Å². The summed E-state index contributed by atoms with van der Waals surface area (Å²) < 4.78 is 0. The topological polar surface area (TPSA) is 23.5 Å². The van der Waals surface area contributed by atoms with E-state index in [1.165, 1.54) is 4.88 Å². The van der Waals surface area contributed by atoms with E-state index in [1.807, 2.05) is 0 Å². The summed E-state index contributed by atoms with van der Waals surface area (Å²) in [7, 11) is 2.11. The van der Waals surface area contributed by atoms with E-state index in [0.717, 1.165) is 19.5 Å². The minimum absolute atomic E-state index is 0.0101. The van der Waals surface area contributed by atoms with Crippen LogP contribution >= 0.6 is 11.3 Å². The lowest BCUT2D eigenvalue weighted by molar-refractivity contribution is 0.0474. The van der Waals surface area contributed by atoms with Crippen molar-refractivity contribution in [2.24, 2.45) is 5.41 Å². The molecule has 0 aliphatic rings. The Bertz CT molecular complexity index is 289. The summed E-state index contributed by atoms with van der Waals surface area (Å²) in [5, 5.41) is 12.0. The molecule has 1 N–H and O–H groups in total. The Kier molecular flexibility index (Phi) is 4.96. The summed E-state index contributed by atoms with van der Waals surface area (Å²) >= 11 is 1.79. The minimum atomic E-state index is -0.224. The van der Waals surface area contributed by atoms with Crippen molar-refractivity contribution in [3.05, 3.63) is 22.4 Å². The molecule has 0 spiro atoms. The second kappa shape index (κ2) is 5.80. The van der Waals surface area contributed by atoms with E-state index in [0.29, 0.717) is 0 Å². The van der Waals surface area contributed by atoms with Gasteiger partial charge in [-0.1, -0.05) is 26.8 Å². The maximum atomic E-state index is 9.94. The van der Waals surface area contributed by atoms with Crippen molar-refractivity contribution in [1.29, 1.82) is 0 Å². The Morgan fingerprint density at radius 2 is 2.12 bits per heavy atom. The van der Waals surface area contributed by atoms with Gasteiger partial charge in [-0.25, -0.2) is 0 Å². The molecule has 1 aromatic heterocycles. The Balaban J connectivity index is 2.28. The first kappa shape index (κ1) is 13.7. The predicted molar refractivity (Wildman–Crippen MR) is 70.7 cm³/mol. The highest BCUT2D eigenvalue weighted by atomic mass is 32.1. The molecule has 1 atom stereocenters. The van der Waals surface area contributed by atoms with Crippen LogP contribution < -0.4 is 0 Å². The average Bonchev–Trinajstić information content (AvgIpc) is 2.65. The van der Waals surface area contributed by atoms with E-state index in [2.05, 4.69) is 50.2 Å². The van der Waals surface area contributed by atoms with Gasteiger partial charge >= 0.3 is 0 Å². The van der Waals surface area contributed by atoms with Crippen LogP contribution in [0.15, 0.2) is 17.5 Å². The van der Waals surface area contributed by atoms with Gasteiger partial charge in [-0.15, -0.1) is 11.3 Å². The quantitative estimate of drug-likeness (QED) is 0.856. The zero-order valence-electron chi connectivity index (χ0n) is 10.7. The standard InChI is InChI=1S/C13H23NOS/c1-13(2,3)12(15)7-8-14(4)10-11-6-5-9-16-11/h5-6,9,12,15H,7-8,10H2,1-4H3. The molecular weight excluding hydrogens is 218 g/mol. The molecule has 0 aromatic carbocycles. The van der Waals surface area contributed by atoms with Crippen molar-refractivity contribution in [2.75, 3.05) is 13.6 Å². The van der Waals surface area contributed by atoms with Crippen molar-refractivity contribution >= 4 is 11.3 Å². The summed E-state index contributed by atoms with van der Waals surface area (Å²) in [5.41, 5.74) is -0.0101. The van der Waals surface area contributed by atoms with Crippen molar-refractivity contribution in [1.82, 2.24) is 4.90 Å². The van der Waals surface area contributed by atoms with Gasteiger partial charge in [-0.05, 0) is 30.3 Å². The molecule has 0 saturated heterocycles. The van der Waals surface area contributed by atoms with E-state index in [4.69, 9.17) is 0 Å². The highest BCUT2D eigenvalue weighted by Crippen LogP contribution is 2.22. The molecule has 92 valence electrons. The predicted octanol–water partition coefficient (Wildman–Crippen LogP) is 2.98. The first-order valence-corrected chi connectivity index (χ1v) is 6.66. The van der Waals surface area contributed by atoms with Crippen LogP contribution in [0.2, 0.25) is 0 Å². The van der Waals surface area contributed by atoms with Crippen LogP contribution in [0.4, 0.5) is 0 Å². The monoisotopic (exact) mass is 241 g/mol. The third kappa shape index (κ3) is 4.64. The van der Waals surface area contributed by atoms with Crippen LogP contribution in [0.3, 0.4) is 0 Å². The van der Waals surface area contributed by atoms with Gasteiger partial charge in [-0.3, -0.25) is 0 Å². The SMILES string of the molecule is CN(CCC(O)C(C)(C)C)Cc1cccs1. The minimum Gasteiger partial charge on any atom is -0.393 e. The number of rotatable bonds is 5. The lowest BCUT2D eigenvalue weighted by atomic mass is 9.87. The summed E-state index contributed by atoms with van der Waals surface area (Å²) in [6.45, 7) is 8.16. The first-order chi connectivity index (χ1) is 7.39. The summed E-state index contributed by atoms with van der Waals surface area (Å²) in [6.07, 6.45) is 0.615. The summed E-state index contributed by atoms with van der Waals surface area (Å²) in [6, 6.07) is 4.24. The third-order valence-electron chi connectivity index (χ3n) is 2.79. The van der Waals surface area contributed by atoms with Crippen molar-refractivity contribution in [2.45, 2.75) is 39.8 Å². The first-order valence-electron chi connectivity index (χ1n) is 5.78.